The van der Waals surface area contributed by atoms with Gasteiger partial charge in [-0.15, -0.1) is 0 Å². The number of benzene rings is 1. The highest BCUT2D eigenvalue weighted by atomic mass is 79.9. The molecule has 0 aromatic heterocycles. The van der Waals surface area contributed by atoms with Crippen molar-refractivity contribution >= 4 is 25.8 Å². The van der Waals surface area contributed by atoms with E-state index in [1.807, 2.05) is 6.92 Å². The van der Waals surface area contributed by atoms with Crippen molar-refractivity contribution in [2.75, 3.05) is 18.2 Å². The van der Waals surface area contributed by atoms with Crippen molar-refractivity contribution in [2.24, 2.45) is 0 Å². The number of rotatable bonds is 4. The summed E-state index contributed by atoms with van der Waals surface area (Å²) in [5.74, 6) is 0.829. The lowest BCUT2D eigenvalue weighted by atomic mass is 10.1. The SMILES string of the molecule is COc1cc(C)c(S(=O)(=O)CCBr)cc1C. The molecule has 0 radical (unpaired) electrons. The van der Waals surface area contributed by atoms with Crippen LogP contribution in [0.1, 0.15) is 11.1 Å². The van der Waals surface area contributed by atoms with Crippen LogP contribution in [0.5, 0.6) is 5.75 Å². The Balaban J connectivity index is 3.31. The van der Waals surface area contributed by atoms with Gasteiger partial charge in [-0.25, -0.2) is 8.42 Å². The van der Waals surface area contributed by atoms with Crippen molar-refractivity contribution in [3.05, 3.63) is 23.3 Å². The number of hydrogen-bond acceptors (Lipinski definition) is 3. The fourth-order valence-corrected chi connectivity index (χ4v) is 4.14. The molecule has 0 saturated heterocycles. The second kappa shape index (κ2) is 5.19. The molecular formula is C11H15BrO3S. The second-order valence-electron chi connectivity index (χ2n) is 3.60. The van der Waals surface area contributed by atoms with Gasteiger partial charge in [0.2, 0.25) is 0 Å². The number of ether oxygens (including phenoxy) is 1. The first-order valence-electron chi connectivity index (χ1n) is 4.86. The summed E-state index contributed by atoms with van der Waals surface area (Å²) in [6.45, 7) is 3.62. The van der Waals surface area contributed by atoms with E-state index < -0.39 is 9.84 Å². The normalized spacial score (nSPS) is 11.5. The molecule has 0 spiro atoms. The van der Waals surface area contributed by atoms with Crippen molar-refractivity contribution < 1.29 is 13.2 Å². The molecule has 0 fully saturated rings. The molecule has 16 heavy (non-hydrogen) atoms. The Morgan fingerprint density at radius 2 is 1.88 bits per heavy atom. The Morgan fingerprint density at radius 3 is 2.38 bits per heavy atom. The van der Waals surface area contributed by atoms with Crippen molar-refractivity contribution in [3.63, 3.8) is 0 Å². The third-order valence-corrected chi connectivity index (χ3v) is 5.15. The first kappa shape index (κ1) is 13.5. The highest BCUT2D eigenvalue weighted by molar-refractivity contribution is 9.09. The van der Waals surface area contributed by atoms with Gasteiger partial charge in [0.25, 0.3) is 0 Å². The summed E-state index contributed by atoms with van der Waals surface area (Å²) in [4.78, 5) is 0.394. The van der Waals surface area contributed by atoms with Gasteiger partial charge in [0.1, 0.15) is 5.75 Å². The zero-order valence-electron chi connectivity index (χ0n) is 9.58. The minimum absolute atomic E-state index is 0.111. The van der Waals surface area contributed by atoms with E-state index in [9.17, 15) is 8.42 Å². The summed E-state index contributed by atoms with van der Waals surface area (Å²) in [5.41, 5.74) is 1.56. The van der Waals surface area contributed by atoms with E-state index in [4.69, 9.17) is 4.74 Å². The highest BCUT2D eigenvalue weighted by Crippen LogP contribution is 2.26. The van der Waals surface area contributed by atoms with Gasteiger partial charge in [-0.05, 0) is 37.1 Å². The molecule has 0 unspecified atom stereocenters. The third-order valence-electron chi connectivity index (χ3n) is 2.37. The predicted octanol–water partition coefficient (Wildman–Crippen LogP) is 2.48. The molecule has 0 aliphatic carbocycles. The maximum Gasteiger partial charge on any atom is 0.179 e. The van der Waals surface area contributed by atoms with Crippen molar-refractivity contribution in [3.8, 4) is 5.75 Å². The average molecular weight is 307 g/mol. The Bertz CT molecular complexity index is 480. The maximum atomic E-state index is 11.9. The van der Waals surface area contributed by atoms with E-state index >= 15 is 0 Å². The topological polar surface area (TPSA) is 43.4 Å². The maximum absolute atomic E-state index is 11.9. The monoisotopic (exact) mass is 306 g/mol. The standard InChI is InChI=1S/C11H15BrO3S/c1-8-7-11(16(13,14)5-4-12)9(2)6-10(8)15-3/h6-7H,4-5H2,1-3H3. The second-order valence-corrected chi connectivity index (χ2v) is 6.47. The van der Waals surface area contributed by atoms with E-state index in [0.29, 0.717) is 10.2 Å². The highest BCUT2D eigenvalue weighted by Gasteiger charge is 2.17. The van der Waals surface area contributed by atoms with Crippen LogP contribution in [-0.4, -0.2) is 26.6 Å². The lowest BCUT2D eigenvalue weighted by Gasteiger charge is -2.11. The lowest BCUT2D eigenvalue weighted by molar-refractivity contribution is 0.411. The van der Waals surface area contributed by atoms with Gasteiger partial charge in [-0.3, -0.25) is 0 Å². The van der Waals surface area contributed by atoms with E-state index in [2.05, 4.69) is 15.9 Å². The molecule has 3 nitrogen and oxygen atoms in total. The molecule has 0 atom stereocenters. The summed E-state index contributed by atoms with van der Waals surface area (Å²) in [6, 6.07) is 3.43. The number of hydrogen-bond donors (Lipinski definition) is 0. The number of methoxy groups -OCH3 is 1. The number of sulfone groups is 1. The van der Waals surface area contributed by atoms with Crippen LogP contribution in [0.15, 0.2) is 17.0 Å². The van der Waals surface area contributed by atoms with Gasteiger partial charge < -0.3 is 4.74 Å². The molecule has 0 bridgehead atoms. The van der Waals surface area contributed by atoms with Gasteiger partial charge in [-0.1, -0.05) is 15.9 Å². The molecule has 0 heterocycles. The fraction of sp³-hybridized carbons (Fsp3) is 0.455. The minimum atomic E-state index is -3.19. The van der Waals surface area contributed by atoms with Crippen LogP contribution in [-0.2, 0) is 9.84 Å². The quantitative estimate of drug-likeness (QED) is 0.803. The Kier molecular flexibility index (Phi) is 4.38. The molecule has 0 N–H and O–H groups in total. The average Bonchev–Trinajstić information content (AvgIpc) is 2.20. The number of aryl methyl sites for hydroxylation is 2. The fourth-order valence-electron chi connectivity index (χ4n) is 1.53. The molecular weight excluding hydrogens is 292 g/mol. The summed E-state index contributed by atoms with van der Waals surface area (Å²) in [5, 5.41) is 0.444. The van der Waals surface area contributed by atoms with Crippen LogP contribution < -0.4 is 4.74 Å². The molecule has 0 aliphatic rings. The van der Waals surface area contributed by atoms with Gasteiger partial charge in [0, 0.05) is 5.33 Å². The molecule has 0 saturated carbocycles. The van der Waals surface area contributed by atoms with E-state index in [1.54, 1.807) is 26.2 Å². The van der Waals surface area contributed by atoms with Crippen LogP contribution in [0.4, 0.5) is 0 Å². The van der Waals surface area contributed by atoms with E-state index in [1.165, 1.54) is 0 Å². The van der Waals surface area contributed by atoms with Crippen LogP contribution in [0, 0.1) is 13.8 Å². The first-order valence-corrected chi connectivity index (χ1v) is 7.63. The number of alkyl halides is 1. The Morgan fingerprint density at radius 1 is 1.25 bits per heavy atom. The first-order chi connectivity index (χ1) is 7.42. The van der Waals surface area contributed by atoms with E-state index in [0.717, 1.165) is 16.9 Å². The zero-order chi connectivity index (χ0) is 12.3. The van der Waals surface area contributed by atoms with Gasteiger partial charge in [0.15, 0.2) is 9.84 Å². The van der Waals surface area contributed by atoms with E-state index in [-0.39, 0.29) is 5.75 Å². The summed E-state index contributed by atoms with van der Waals surface area (Å²) in [6.07, 6.45) is 0. The summed E-state index contributed by atoms with van der Waals surface area (Å²) < 4.78 is 29.0. The van der Waals surface area contributed by atoms with Crippen LogP contribution in [0.25, 0.3) is 0 Å². The molecule has 1 aromatic carbocycles. The summed E-state index contributed by atoms with van der Waals surface area (Å²) >= 11 is 3.15. The summed E-state index contributed by atoms with van der Waals surface area (Å²) in [7, 11) is -1.61. The zero-order valence-corrected chi connectivity index (χ0v) is 12.0. The lowest BCUT2D eigenvalue weighted by Crippen LogP contribution is -2.10. The number of halogens is 1. The van der Waals surface area contributed by atoms with Crippen LogP contribution in [0.3, 0.4) is 0 Å². The largest absolute Gasteiger partial charge is 0.496 e. The predicted molar refractivity (Wildman–Crippen MR) is 68.3 cm³/mol. The van der Waals surface area contributed by atoms with Gasteiger partial charge in [0.05, 0.1) is 17.8 Å². The van der Waals surface area contributed by atoms with Gasteiger partial charge in [-0.2, -0.15) is 0 Å². The molecule has 1 aromatic rings. The smallest absolute Gasteiger partial charge is 0.179 e. The Labute approximate surface area is 105 Å². The molecule has 5 heteroatoms. The molecule has 0 amide bonds. The third kappa shape index (κ3) is 2.77. The molecule has 0 aliphatic heterocycles. The Hall–Kier alpha value is -0.550. The minimum Gasteiger partial charge on any atom is -0.496 e. The van der Waals surface area contributed by atoms with Crippen molar-refractivity contribution in [2.45, 2.75) is 18.7 Å². The van der Waals surface area contributed by atoms with Crippen molar-refractivity contribution in [1.29, 1.82) is 0 Å². The molecule has 90 valence electrons. The van der Waals surface area contributed by atoms with Gasteiger partial charge >= 0.3 is 0 Å². The van der Waals surface area contributed by atoms with Crippen molar-refractivity contribution in [1.82, 2.24) is 0 Å². The van der Waals surface area contributed by atoms with Crippen LogP contribution >= 0.6 is 15.9 Å². The van der Waals surface area contributed by atoms with Crippen LogP contribution in [0.2, 0.25) is 0 Å². The molecule has 1 rings (SSSR count).